The topological polar surface area (TPSA) is 64.1 Å². The molecule has 3 rings (SSSR count). The Morgan fingerprint density at radius 2 is 2.10 bits per heavy atom. The van der Waals surface area contributed by atoms with Crippen molar-refractivity contribution in [1.29, 1.82) is 0 Å². The minimum Gasteiger partial charge on any atom is -0.461 e. The Morgan fingerprint density at radius 1 is 1.24 bits per heavy atom. The SMILES string of the molecule is CNC(C)Cc1noc(CCc2cc3ccccc3o2)n1. The highest BCUT2D eigenvalue weighted by Crippen LogP contribution is 2.19. The van der Waals surface area contributed by atoms with Gasteiger partial charge in [0, 0.05) is 30.7 Å². The van der Waals surface area contributed by atoms with Crippen molar-refractivity contribution < 1.29 is 8.94 Å². The van der Waals surface area contributed by atoms with Crippen LogP contribution in [-0.4, -0.2) is 23.2 Å². The van der Waals surface area contributed by atoms with E-state index in [1.807, 2.05) is 31.3 Å². The molecule has 0 saturated heterocycles. The van der Waals surface area contributed by atoms with Crippen molar-refractivity contribution >= 4 is 11.0 Å². The third-order valence-electron chi connectivity index (χ3n) is 3.55. The smallest absolute Gasteiger partial charge is 0.227 e. The number of aromatic nitrogens is 2. The van der Waals surface area contributed by atoms with Gasteiger partial charge >= 0.3 is 0 Å². The minimum atomic E-state index is 0.339. The molecule has 5 heteroatoms. The van der Waals surface area contributed by atoms with Crippen LogP contribution in [0.4, 0.5) is 0 Å². The summed E-state index contributed by atoms with van der Waals surface area (Å²) in [7, 11) is 1.92. The van der Waals surface area contributed by atoms with Gasteiger partial charge in [-0.1, -0.05) is 23.4 Å². The number of para-hydroxylation sites is 1. The van der Waals surface area contributed by atoms with Crippen LogP contribution < -0.4 is 5.32 Å². The second kappa shape index (κ2) is 6.10. The Kier molecular flexibility index (Phi) is 4.01. The lowest BCUT2D eigenvalue weighted by Gasteiger charge is -2.04. The highest BCUT2D eigenvalue weighted by atomic mass is 16.5. The van der Waals surface area contributed by atoms with Gasteiger partial charge in [-0.15, -0.1) is 0 Å². The van der Waals surface area contributed by atoms with Crippen LogP contribution in [0.2, 0.25) is 0 Å². The van der Waals surface area contributed by atoms with Crippen LogP contribution in [0.3, 0.4) is 0 Å². The molecular formula is C16H19N3O2. The molecule has 0 aliphatic heterocycles. The molecule has 0 aliphatic carbocycles. The number of aryl methyl sites for hydroxylation is 2. The number of furan rings is 1. The summed E-state index contributed by atoms with van der Waals surface area (Å²) in [6, 6.07) is 10.4. The van der Waals surface area contributed by atoms with E-state index in [4.69, 9.17) is 8.94 Å². The molecular weight excluding hydrogens is 266 g/mol. The maximum atomic E-state index is 5.78. The van der Waals surface area contributed by atoms with Crippen LogP contribution >= 0.6 is 0 Å². The summed E-state index contributed by atoms with van der Waals surface area (Å²) in [5.74, 6) is 2.35. The molecule has 1 aromatic carbocycles. The Hall–Kier alpha value is -2.14. The summed E-state index contributed by atoms with van der Waals surface area (Å²) < 4.78 is 11.1. The van der Waals surface area contributed by atoms with Crippen molar-refractivity contribution in [1.82, 2.24) is 15.5 Å². The summed E-state index contributed by atoms with van der Waals surface area (Å²) in [5, 5.41) is 8.29. The van der Waals surface area contributed by atoms with Gasteiger partial charge in [-0.2, -0.15) is 4.98 Å². The van der Waals surface area contributed by atoms with E-state index < -0.39 is 0 Å². The molecule has 2 aromatic heterocycles. The van der Waals surface area contributed by atoms with E-state index in [1.165, 1.54) is 0 Å². The maximum Gasteiger partial charge on any atom is 0.227 e. The summed E-state index contributed by atoms with van der Waals surface area (Å²) in [4.78, 5) is 4.41. The first-order valence-electron chi connectivity index (χ1n) is 7.21. The first kappa shape index (κ1) is 13.8. The molecule has 5 nitrogen and oxygen atoms in total. The molecule has 1 N–H and O–H groups in total. The van der Waals surface area contributed by atoms with E-state index in [9.17, 15) is 0 Å². The van der Waals surface area contributed by atoms with E-state index in [-0.39, 0.29) is 0 Å². The standard InChI is InChI=1S/C16H19N3O2/c1-11(17-2)9-15-18-16(21-19-15)8-7-13-10-12-5-3-4-6-14(12)20-13/h3-6,10-11,17H,7-9H2,1-2H3. The van der Waals surface area contributed by atoms with Gasteiger partial charge in [-0.05, 0) is 26.1 Å². The monoisotopic (exact) mass is 285 g/mol. The number of nitrogens with zero attached hydrogens (tertiary/aromatic N) is 2. The average Bonchev–Trinajstić information content (AvgIpc) is 3.10. The van der Waals surface area contributed by atoms with Crippen LogP contribution in [-0.2, 0) is 19.3 Å². The quantitative estimate of drug-likeness (QED) is 0.754. The second-order valence-electron chi connectivity index (χ2n) is 5.25. The van der Waals surface area contributed by atoms with Crippen LogP contribution in [0.15, 0.2) is 39.3 Å². The minimum absolute atomic E-state index is 0.339. The molecule has 3 aromatic rings. The number of likely N-dealkylation sites (N-methyl/N-ethyl adjacent to an activating group) is 1. The number of fused-ring (bicyclic) bond motifs is 1. The van der Waals surface area contributed by atoms with E-state index in [0.717, 1.165) is 35.4 Å². The predicted molar refractivity (Wildman–Crippen MR) is 80.1 cm³/mol. The predicted octanol–water partition coefficient (Wildman–Crippen LogP) is 2.75. The van der Waals surface area contributed by atoms with Crippen LogP contribution in [0.1, 0.15) is 24.4 Å². The molecule has 110 valence electrons. The largest absolute Gasteiger partial charge is 0.461 e. The molecule has 2 heterocycles. The molecule has 0 fully saturated rings. The molecule has 1 atom stereocenters. The molecule has 1 unspecified atom stereocenters. The van der Waals surface area contributed by atoms with Crippen LogP contribution in [0.25, 0.3) is 11.0 Å². The lowest BCUT2D eigenvalue weighted by Crippen LogP contribution is -2.24. The Morgan fingerprint density at radius 3 is 2.90 bits per heavy atom. The number of hydrogen-bond acceptors (Lipinski definition) is 5. The van der Waals surface area contributed by atoms with Gasteiger partial charge < -0.3 is 14.3 Å². The lowest BCUT2D eigenvalue weighted by atomic mass is 10.2. The summed E-state index contributed by atoms with van der Waals surface area (Å²) in [5.41, 5.74) is 0.918. The van der Waals surface area contributed by atoms with Crippen LogP contribution in [0.5, 0.6) is 0 Å². The zero-order chi connectivity index (χ0) is 14.7. The number of hydrogen-bond donors (Lipinski definition) is 1. The van der Waals surface area contributed by atoms with Crippen LogP contribution in [0, 0.1) is 0 Å². The van der Waals surface area contributed by atoms with E-state index in [2.05, 4.69) is 28.4 Å². The molecule has 0 aliphatic rings. The Bertz CT molecular complexity index is 684. The molecule has 0 amide bonds. The van der Waals surface area contributed by atoms with Gasteiger partial charge in [0.25, 0.3) is 0 Å². The lowest BCUT2D eigenvalue weighted by molar-refractivity contribution is 0.368. The van der Waals surface area contributed by atoms with Crippen molar-refractivity contribution in [2.24, 2.45) is 0 Å². The van der Waals surface area contributed by atoms with Crippen molar-refractivity contribution in [2.75, 3.05) is 7.05 Å². The van der Waals surface area contributed by atoms with Gasteiger partial charge in [-0.3, -0.25) is 0 Å². The molecule has 0 radical (unpaired) electrons. The van der Waals surface area contributed by atoms with Crippen molar-refractivity contribution in [3.8, 4) is 0 Å². The summed E-state index contributed by atoms with van der Waals surface area (Å²) in [6.07, 6.45) is 2.23. The molecule has 0 bridgehead atoms. The van der Waals surface area contributed by atoms with E-state index in [1.54, 1.807) is 0 Å². The highest BCUT2D eigenvalue weighted by Gasteiger charge is 2.10. The van der Waals surface area contributed by atoms with Crippen molar-refractivity contribution in [2.45, 2.75) is 32.2 Å². The molecule has 0 saturated carbocycles. The van der Waals surface area contributed by atoms with Gasteiger partial charge in [0.05, 0.1) is 0 Å². The fourth-order valence-electron chi connectivity index (χ4n) is 2.24. The average molecular weight is 285 g/mol. The third kappa shape index (κ3) is 3.31. The van der Waals surface area contributed by atoms with Gasteiger partial charge in [0.2, 0.25) is 5.89 Å². The fourth-order valence-corrected chi connectivity index (χ4v) is 2.24. The van der Waals surface area contributed by atoms with E-state index >= 15 is 0 Å². The Labute approximate surface area is 123 Å². The second-order valence-corrected chi connectivity index (χ2v) is 5.25. The first-order chi connectivity index (χ1) is 10.2. The van der Waals surface area contributed by atoms with Gasteiger partial charge in [0.15, 0.2) is 5.82 Å². The van der Waals surface area contributed by atoms with Gasteiger partial charge in [0.1, 0.15) is 11.3 Å². The molecule has 21 heavy (non-hydrogen) atoms. The molecule has 0 spiro atoms. The zero-order valence-corrected chi connectivity index (χ0v) is 12.3. The number of rotatable bonds is 6. The number of benzene rings is 1. The zero-order valence-electron chi connectivity index (χ0n) is 12.3. The number of nitrogens with one attached hydrogen (secondary N) is 1. The normalized spacial score (nSPS) is 12.9. The third-order valence-corrected chi connectivity index (χ3v) is 3.55. The first-order valence-corrected chi connectivity index (χ1v) is 7.21. The summed E-state index contributed by atoms with van der Waals surface area (Å²) in [6.45, 7) is 2.09. The highest BCUT2D eigenvalue weighted by molar-refractivity contribution is 5.77. The maximum absolute atomic E-state index is 5.78. The van der Waals surface area contributed by atoms with E-state index in [0.29, 0.717) is 18.4 Å². The summed E-state index contributed by atoms with van der Waals surface area (Å²) >= 11 is 0. The van der Waals surface area contributed by atoms with Gasteiger partial charge in [-0.25, -0.2) is 0 Å². The van der Waals surface area contributed by atoms with Crippen molar-refractivity contribution in [3.05, 3.63) is 47.8 Å². The fraction of sp³-hybridized carbons (Fsp3) is 0.375. The Balaban J connectivity index is 1.62. The van der Waals surface area contributed by atoms with Crippen molar-refractivity contribution in [3.63, 3.8) is 0 Å².